The van der Waals surface area contributed by atoms with E-state index in [0.717, 1.165) is 24.1 Å². The zero-order valence-corrected chi connectivity index (χ0v) is 11.7. The lowest BCUT2D eigenvalue weighted by Crippen LogP contribution is -2.44. The number of thiazole rings is 1. The summed E-state index contributed by atoms with van der Waals surface area (Å²) in [7, 11) is 0. The van der Waals surface area contributed by atoms with Crippen molar-refractivity contribution >= 4 is 16.5 Å². The number of rotatable bonds is 1. The number of hydrogen-bond donors (Lipinski definition) is 2. The number of nitrogens with zero attached hydrogens (tertiary/aromatic N) is 1. The Morgan fingerprint density at radius 2 is 2.18 bits per heavy atom. The minimum Gasteiger partial charge on any atom is -0.384 e. The van der Waals surface area contributed by atoms with Crippen LogP contribution in [0.4, 0.5) is 5.13 Å². The fourth-order valence-corrected chi connectivity index (χ4v) is 3.95. The summed E-state index contributed by atoms with van der Waals surface area (Å²) in [4.78, 5) is 5.03. The molecular weight excluding hydrogens is 232 g/mol. The second-order valence-corrected chi connectivity index (χ2v) is 7.21. The number of hydrogen-bond acceptors (Lipinski definition) is 4. The summed E-state index contributed by atoms with van der Waals surface area (Å²) in [5.74, 6) is 0.281. The van der Waals surface area contributed by atoms with Gasteiger partial charge in [0, 0.05) is 6.20 Å². The van der Waals surface area contributed by atoms with Crippen molar-refractivity contribution < 1.29 is 5.11 Å². The van der Waals surface area contributed by atoms with Crippen LogP contribution in [0.25, 0.3) is 0 Å². The third-order valence-corrected chi connectivity index (χ3v) is 4.87. The summed E-state index contributed by atoms with van der Waals surface area (Å²) in [6.45, 7) is 6.62. The Morgan fingerprint density at radius 3 is 2.71 bits per heavy atom. The van der Waals surface area contributed by atoms with Crippen molar-refractivity contribution in [2.24, 2.45) is 11.3 Å². The van der Waals surface area contributed by atoms with Gasteiger partial charge in [-0.3, -0.25) is 0 Å². The van der Waals surface area contributed by atoms with Gasteiger partial charge in [-0.15, -0.1) is 0 Å². The number of nitrogen functional groups attached to an aromatic ring is 1. The van der Waals surface area contributed by atoms with E-state index < -0.39 is 5.60 Å². The van der Waals surface area contributed by atoms with E-state index in [-0.39, 0.29) is 11.3 Å². The third kappa shape index (κ3) is 2.33. The molecule has 1 aliphatic carbocycles. The third-order valence-electron chi connectivity index (χ3n) is 3.87. The Hall–Kier alpha value is -0.610. The fourth-order valence-electron chi connectivity index (χ4n) is 3.09. The topological polar surface area (TPSA) is 59.1 Å². The Balaban J connectivity index is 2.38. The van der Waals surface area contributed by atoms with Crippen LogP contribution in [0.2, 0.25) is 0 Å². The summed E-state index contributed by atoms with van der Waals surface area (Å²) < 4.78 is 0. The highest BCUT2D eigenvalue weighted by atomic mass is 32.1. The molecule has 0 radical (unpaired) electrons. The number of aromatic nitrogens is 1. The van der Waals surface area contributed by atoms with E-state index in [0.29, 0.717) is 5.13 Å². The molecule has 3 nitrogen and oxygen atoms in total. The van der Waals surface area contributed by atoms with Gasteiger partial charge in [-0.25, -0.2) is 4.98 Å². The first-order valence-corrected chi connectivity index (χ1v) is 7.10. The van der Waals surface area contributed by atoms with Crippen molar-refractivity contribution in [3.63, 3.8) is 0 Å². The average Bonchev–Trinajstić information content (AvgIpc) is 2.64. The smallest absolute Gasteiger partial charge is 0.180 e. The number of nitrogens with two attached hydrogens (primary N) is 1. The van der Waals surface area contributed by atoms with E-state index in [9.17, 15) is 5.11 Å². The molecule has 1 aromatic heterocycles. The maximum Gasteiger partial charge on any atom is 0.180 e. The molecule has 0 aliphatic heterocycles. The predicted molar refractivity (Wildman–Crippen MR) is 71.8 cm³/mol. The maximum absolute atomic E-state index is 11.1. The van der Waals surface area contributed by atoms with Gasteiger partial charge in [-0.2, -0.15) is 0 Å². The first-order valence-electron chi connectivity index (χ1n) is 6.28. The van der Waals surface area contributed by atoms with E-state index in [1.54, 1.807) is 6.20 Å². The van der Waals surface area contributed by atoms with Crippen molar-refractivity contribution in [2.75, 3.05) is 5.73 Å². The van der Waals surface area contributed by atoms with Gasteiger partial charge in [0.1, 0.15) is 5.60 Å². The molecule has 1 aromatic rings. The molecule has 4 heteroatoms. The Bertz CT molecular complexity index is 396. The van der Waals surface area contributed by atoms with E-state index in [4.69, 9.17) is 5.73 Å². The van der Waals surface area contributed by atoms with Crippen molar-refractivity contribution in [3.05, 3.63) is 11.1 Å². The monoisotopic (exact) mass is 254 g/mol. The summed E-state index contributed by atoms with van der Waals surface area (Å²) in [5.41, 5.74) is 5.07. The fraction of sp³-hybridized carbons (Fsp3) is 0.769. The Morgan fingerprint density at radius 1 is 1.47 bits per heavy atom. The van der Waals surface area contributed by atoms with E-state index in [1.807, 2.05) is 0 Å². The summed E-state index contributed by atoms with van der Waals surface area (Å²) in [6.07, 6.45) is 5.96. The predicted octanol–water partition coefficient (Wildman–Crippen LogP) is 3.15. The van der Waals surface area contributed by atoms with Crippen molar-refractivity contribution in [1.82, 2.24) is 4.98 Å². The first kappa shape index (κ1) is 12.8. The van der Waals surface area contributed by atoms with Gasteiger partial charge < -0.3 is 10.8 Å². The van der Waals surface area contributed by atoms with Crippen LogP contribution < -0.4 is 5.73 Å². The standard InChI is InChI=1S/C13H22N2OS/c1-12(2,3)9-6-4-5-7-13(9,16)10-8-15-11(14)17-10/h8-9,16H,4-7H2,1-3H3,(H2,14,15). The van der Waals surface area contributed by atoms with Gasteiger partial charge in [-0.1, -0.05) is 44.9 Å². The van der Waals surface area contributed by atoms with E-state index >= 15 is 0 Å². The minimum absolute atomic E-state index is 0.105. The van der Waals surface area contributed by atoms with Crippen LogP contribution in [-0.2, 0) is 5.60 Å². The lowest BCUT2D eigenvalue weighted by molar-refractivity contribution is -0.0934. The van der Waals surface area contributed by atoms with Crippen LogP contribution in [0.5, 0.6) is 0 Å². The van der Waals surface area contributed by atoms with E-state index in [1.165, 1.54) is 17.8 Å². The van der Waals surface area contributed by atoms with Crippen LogP contribution in [0.1, 0.15) is 51.3 Å². The van der Waals surface area contributed by atoms with Crippen LogP contribution in [0, 0.1) is 11.3 Å². The molecule has 2 unspecified atom stereocenters. The van der Waals surface area contributed by atoms with Gasteiger partial charge in [0.2, 0.25) is 0 Å². The summed E-state index contributed by atoms with van der Waals surface area (Å²) in [5, 5.41) is 11.6. The molecule has 1 saturated carbocycles. The largest absolute Gasteiger partial charge is 0.384 e. The minimum atomic E-state index is -0.730. The second kappa shape index (κ2) is 4.25. The molecule has 0 bridgehead atoms. The highest BCUT2D eigenvalue weighted by Gasteiger charge is 2.46. The zero-order valence-electron chi connectivity index (χ0n) is 10.9. The second-order valence-electron chi connectivity index (χ2n) is 6.15. The lowest BCUT2D eigenvalue weighted by Gasteiger charge is -2.46. The van der Waals surface area contributed by atoms with Crippen LogP contribution in [0.3, 0.4) is 0 Å². The van der Waals surface area contributed by atoms with Gasteiger partial charge >= 0.3 is 0 Å². The van der Waals surface area contributed by atoms with Crippen molar-refractivity contribution in [3.8, 4) is 0 Å². The maximum atomic E-state index is 11.1. The SMILES string of the molecule is CC(C)(C)C1CCCCC1(O)c1cnc(N)s1. The molecule has 0 spiro atoms. The molecule has 96 valence electrons. The van der Waals surface area contributed by atoms with E-state index in [2.05, 4.69) is 25.8 Å². The molecule has 1 aliphatic rings. The van der Waals surface area contributed by atoms with Gasteiger partial charge in [0.05, 0.1) is 4.88 Å². The molecule has 0 aromatic carbocycles. The van der Waals surface area contributed by atoms with Crippen LogP contribution in [0.15, 0.2) is 6.20 Å². The average molecular weight is 254 g/mol. The number of aliphatic hydroxyl groups is 1. The zero-order chi connectivity index (χ0) is 12.7. The van der Waals surface area contributed by atoms with Gasteiger partial charge in [-0.05, 0) is 24.2 Å². The normalized spacial score (nSPS) is 30.5. The van der Waals surface area contributed by atoms with Crippen molar-refractivity contribution in [2.45, 2.75) is 52.1 Å². The molecule has 2 atom stereocenters. The highest BCUT2D eigenvalue weighted by Crippen LogP contribution is 2.50. The molecule has 1 heterocycles. The molecule has 1 fully saturated rings. The molecule has 0 saturated heterocycles. The van der Waals surface area contributed by atoms with Gasteiger partial charge in [0.15, 0.2) is 5.13 Å². The van der Waals surface area contributed by atoms with Crippen LogP contribution >= 0.6 is 11.3 Å². The summed E-state index contributed by atoms with van der Waals surface area (Å²) in [6, 6.07) is 0. The van der Waals surface area contributed by atoms with Crippen molar-refractivity contribution in [1.29, 1.82) is 0 Å². The molecule has 3 N–H and O–H groups in total. The molecular formula is C13H22N2OS. The lowest BCUT2D eigenvalue weighted by atomic mass is 9.63. The highest BCUT2D eigenvalue weighted by molar-refractivity contribution is 7.15. The molecule has 17 heavy (non-hydrogen) atoms. The Kier molecular flexibility index (Phi) is 3.21. The van der Waals surface area contributed by atoms with Crippen LogP contribution in [-0.4, -0.2) is 10.1 Å². The quantitative estimate of drug-likeness (QED) is 0.809. The molecule has 2 rings (SSSR count). The molecule has 0 amide bonds. The first-order chi connectivity index (χ1) is 7.84. The van der Waals surface area contributed by atoms with Gasteiger partial charge in [0.25, 0.3) is 0 Å². The Labute approximate surface area is 107 Å². The summed E-state index contributed by atoms with van der Waals surface area (Å²) >= 11 is 1.43. The number of anilines is 1.